The Balaban J connectivity index is 1.54. The van der Waals surface area contributed by atoms with E-state index in [4.69, 9.17) is 4.52 Å². The van der Waals surface area contributed by atoms with Gasteiger partial charge in [0.15, 0.2) is 5.82 Å². The van der Waals surface area contributed by atoms with E-state index < -0.39 is 6.10 Å². The van der Waals surface area contributed by atoms with Crippen LogP contribution in [0.2, 0.25) is 0 Å². The fourth-order valence-corrected chi connectivity index (χ4v) is 3.23. The average molecular weight is 329 g/mol. The summed E-state index contributed by atoms with van der Waals surface area (Å²) in [5.74, 6) is 0.998. The van der Waals surface area contributed by atoms with Crippen molar-refractivity contribution in [1.29, 1.82) is 0 Å². The SMILES string of the molecule is Cc1cc(NC(=O)CN2CCC[C@H]2C[C@@H](O)c2ccccc2)no1. The molecule has 1 saturated heterocycles. The maximum Gasteiger partial charge on any atom is 0.239 e. The minimum Gasteiger partial charge on any atom is -0.388 e. The van der Waals surface area contributed by atoms with Crippen molar-refractivity contribution >= 4 is 11.7 Å². The molecule has 2 N–H and O–H groups in total. The highest BCUT2D eigenvalue weighted by molar-refractivity contribution is 5.91. The first-order valence-corrected chi connectivity index (χ1v) is 8.32. The topological polar surface area (TPSA) is 78.6 Å². The van der Waals surface area contributed by atoms with E-state index in [2.05, 4.69) is 15.4 Å². The summed E-state index contributed by atoms with van der Waals surface area (Å²) in [6.45, 7) is 2.96. The van der Waals surface area contributed by atoms with Crippen LogP contribution in [0.15, 0.2) is 40.9 Å². The largest absolute Gasteiger partial charge is 0.388 e. The second-order valence-electron chi connectivity index (χ2n) is 6.30. The minimum atomic E-state index is -0.502. The average Bonchev–Trinajstić information content (AvgIpc) is 3.17. The summed E-state index contributed by atoms with van der Waals surface area (Å²) in [6.07, 6.45) is 2.18. The van der Waals surface area contributed by atoms with Gasteiger partial charge in [0.25, 0.3) is 0 Å². The summed E-state index contributed by atoms with van der Waals surface area (Å²) in [7, 11) is 0. The number of aryl methyl sites for hydroxylation is 1. The number of benzene rings is 1. The number of carbonyl (C=O) groups excluding carboxylic acids is 1. The lowest BCUT2D eigenvalue weighted by atomic mass is 10.0. The molecule has 0 spiro atoms. The summed E-state index contributed by atoms with van der Waals surface area (Å²) < 4.78 is 4.95. The van der Waals surface area contributed by atoms with Crippen LogP contribution in [-0.2, 0) is 4.79 Å². The molecule has 0 radical (unpaired) electrons. The van der Waals surface area contributed by atoms with Crippen molar-refractivity contribution in [2.45, 2.75) is 38.3 Å². The summed E-state index contributed by atoms with van der Waals surface area (Å²) in [4.78, 5) is 14.3. The Morgan fingerprint density at radius 2 is 2.25 bits per heavy atom. The Morgan fingerprint density at radius 3 is 2.96 bits per heavy atom. The number of nitrogens with zero attached hydrogens (tertiary/aromatic N) is 2. The van der Waals surface area contributed by atoms with Gasteiger partial charge in [0.2, 0.25) is 5.91 Å². The Kier molecular flexibility index (Phi) is 5.27. The standard InChI is InChI=1S/C18H23N3O3/c1-13-10-17(20-24-13)19-18(23)12-21-9-5-8-15(21)11-16(22)14-6-3-2-4-7-14/h2-4,6-7,10,15-16,22H,5,8-9,11-12H2,1H3,(H,19,20,23)/t15-,16+/m0/s1. The second-order valence-corrected chi connectivity index (χ2v) is 6.30. The van der Waals surface area contributed by atoms with Crippen molar-refractivity contribution in [3.8, 4) is 0 Å². The van der Waals surface area contributed by atoms with Crippen LogP contribution in [0.1, 0.15) is 36.7 Å². The number of hydrogen-bond donors (Lipinski definition) is 2. The first kappa shape index (κ1) is 16.7. The number of amides is 1. The molecule has 6 heteroatoms. The predicted molar refractivity (Wildman–Crippen MR) is 90.5 cm³/mol. The first-order chi connectivity index (χ1) is 11.6. The van der Waals surface area contributed by atoms with E-state index in [9.17, 15) is 9.90 Å². The molecule has 6 nitrogen and oxygen atoms in total. The molecule has 1 aliphatic rings. The molecule has 1 aliphatic heterocycles. The summed E-state index contributed by atoms with van der Waals surface area (Å²) in [5, 5.41) is 16.9. The second kappa shape index (κ2) is 7.59. The molecule has 2 heterocycles. The van der Waals surface area contributed by atoms with Crippen molar-refractivity contribution < 1.29 is 14.4 Å². The molecule has 0 aliphatic carbocycles. The maximum atomic E-state index is 12.2. The Bertz CT molecular complexity index is 671. The van der Waals surface area contributed by atoms with Gasteiger partial charge in [-0.05, 0) is 38.3 Å². The molecule has 128 valence electrons. The third-order valence-corrected chi connectivity index (χ3v) is 4.42. The molecule has 2 atom stereocenters. The van der Waals surface area contributed by atoms with Crippen LogP contribution in [0, 0.1) is 6.92 Å². The van der Waals surface area contributed by atoms with E-state index in [1.54, 1.807) is 13.0 Å². The molecule has 0 bridgehead atoms. The highest BCUT2D eigenvalue weighted by Gasteiger charge is 2.28. The highest BCUT2D eigenvalue weighted by Crippen LogP contribution is 2.27. The van der Waals surface area contributed by atoms with Crippen LogP contribution >= 0.6 is 0 Å². The molecular formula is C18H23N3O3. The van der Waals surface area contributed by atoms with Gasteiger partial charge >= 0.3 is 0 Å². The number of hydrogen-bond acceptors (Lipinski definition) is 5. The number of carbonyl (C=O) groups is 1. The number of aromatic nitrogens is 1. The van der Waals surface area contributed by atoms with Crippen LogP contribution in [0.5, 0.6) is 0 Å². The fourth-order valence-electron chi connectivity index (χ4n) is 3.23. The number of aliphatic hydroxyl groups excluding tert-OH is 1. The van der Waals surface area contributed by atoms with Gasteiger partial charge in [-0.15, -0.1) is 0 Å². The van der Waals surface area contributed by atoms with Crippen LogP contribution in [0.25, 0.3) is 0 Å². The van der Waals surface area contributed by atoms with Crippen LogP contribution in [0.3, 0.4) is 0 Å². The van der Waals surface area contributed by atoms with Gasteiger partial charge in [-0.1, -0.05) is 35.5 Å². The van der Waals surface area contributed by atoms with Crippen molar-refractivity contribution in [1.82, 2.24) is 10.1 Å². The Morgan fingerprint density at radius 1 is 1.46 bits per heavy atom. The van der Waals surface area contributed by atoms with E-state index in [0.29, 0.717) is 24.5 Å². The quantitative estimate of drug-likeness (QED) is 0.851. The zero-order valence-corrected chi connectivity index (χ0v) is 13.8. The zero-order chi connectivity index (χ0) is 16.9. The molecule has 1 fully saturated rings. The maximum absolute atomic E-state index is 12.2. The van der Waals surface area contributed by atoms with Gasteiger partial charge in [-0.3, -0.25) is 9.69 Å². The Labute approximate surface area is 141 Å². The van der Waals surface area contributed by atoms with Crippen LogP contribution < -0.4 is 5.32 Å². The van der Waals surface area contributed by atoms with E-state index in [1.807, 2.05) is 30.3 Å². The lowest BCUT2D eigenvalue weighted by Crippen LogP contribution is -2.37. The highest BCUT2D eigenvalue weighted by atomic mass is 16.5. The summed E-state index contributed by atoms with van der Waals surface area (Å²) in [6, 6.07) is 11.6. The fraction of sp³-hybridized carbons (Fsp3) is 0.444. The van der Waals surface area contributed by atoms with E-state index >= 15 is 0 Å². The number of anilines is 1. The zero-order valence-electron chi connectivity index (χ0n) is 13.8. The molecule has 1 aromatic heterocycles. The summed E-state index contributed by atoms with van der Waals surface area (Å²) >= 11 is 0. The van der Waals surface area contributed by atoms with Crippen molar-refractivity contribution in [2.75, 3.05) is 18.4 Å². The number of aliphatic hydroxyl groups is 1. The van der Waals surface area contributed by atoms with Crippen molar-refractivity contribution in [2.24, 2.45) is 0 Å². The number of likely N-dealkylation sites (tertiary alicyclic amines) is 1. The molecule has 0 unspecified atom stereocenters. The smallest absolute Gasteiger partial charge is 0.239 e. The van der Waals surface area contributed by atoms with Gasteiger partial charge in [-0.25, -0.2) is 0 Å². The molecule has 2 aromatic rings. The molecular weight excluding hydrogens is 306 g/mol. The molecule has 3 rings (SSSR count). The first-order valence-electron chi connectivity index (χ1n) is 8.32. The Hall–Kier alpha value is -2.18. The van der Waals surface area contributed by atoms with Gasteiger partial charge in [0, 0.05) is 12.1 Å². The van der Waals surface area contributed by atoms with E-state index in [1.165, 1.54) is 0 Å². The van der Waals surface area contributed by atoms with Gasteiger partial charge in [0.1, 0.15) is 5.76 Å². The third-order valence-electron chi connectivity index (χ3n) is 4.42. The molecule has 1 amide bonds. The summed E-state index contributed by atoms with van der Waals surface area (Å²) in [5.41, 5.74) is 0.923. The monoisotopic (exact) mass is 329 g/mol. The molecule has 24 heavy (non-hydrogen) atoms. The third kappa shape index (κ3) is 4.21. The number of rotatable bonds is 6. The van der Waals surface area contributed by atoms with E-state index in [0.717, 1.165) is 24.9 Å². The molecule has 1 aromatic carbocycles. The normalized spacial score (nSPS) is 19.3. The van der Waals surface area contributed by atoms with E-state index in [-0.39, 0.29) is 11.9 Å². The van der Waals surface area contributed by atoms with Gasteiger partial charge in [-0.2, -0.15) is 0 Å². The lowest BCUT2D eigenvalue weighted by Gasteiger charge is -2.25. The molecule has 0 saturated carbocycles. The van der Waals surface area contributed by atoms with Crippen LogP contribution in [0.4, 0.5) is 5.82 Å². The van der Waals surface area contributed by atoms with Crippen LogP contribution in [-0.4, -0.2) is 40.2 Å². The minimum absolute atomic E-state index is 0.107. The predicted octanol–water partition coefficient (Wildman–Crippen LogP) is 2.51. The van der Waals surface area contributed by atoms with Crippen molar-refractivity contribution in [3.05, 3.63) is 47.7 Å². The number of nitrogens with one attached hydrogen (secondary N) is 1. The van der Waals surface area contributed by atoms with Gasteiger partial charge < -0.3 is 14.9 Å². The lowest BCUT2D eigenvalue weighted by molar-refractivity contribution is -0.117. The van der Waals surface area contributed by atoms with Gasteiger partial charge in [0.05, 0.1) is 12.6 Å². The van der Waals surface area contributed by atoms with Crippen molar-refractivity contribution in [3.63, 3.8) is 0 Å².